The van der Waals surface area contributed by atoms with Crippen LogP contribution < -0.4 is 14.9 Å². The zero-order valence-corrected chi connectivity index (χ0v) is 18.6. The largest absolute Gasteiger partial charge is 0.507 e. The molecular weight excluding hydrogens is 442 g/mol. The summed E-state index contributed by atoms with van der Waals surface area (Å²) >= 11 is 5.95. The van der Waals surface area contributed by atoms with Crippen LogP contribution in [0.4, 0.5) is 0 Å². The molecule has 0 atom stereocenters. The second-order valence-corrected chi connectivity index (χ2v) is 7.48. The van der Waals surface area contributed by atoms with Crippen molar-refractivity contribution in [3.63, 3.8) is 0 Å². The molecule has 0 aliphatic heterocycles. The van der Waals surface area contributed by atoms with Gasteiger partial charge >= 0.3 is 0 Å². The Kier molecular flexibility index (Phi) is 6.42. The number of aromatic hydroxyl groups is 1. The number of carbonyl (C=O) groups excluding carboxylic acids is 1. The maximum absolute atomic E-state index is 13.0. The molecule has 0 saturated heterocycles. The number of aromatic nitrogens is 1. The highest BCUT2D eigenvalue weighted by Crippen LogP contribution is 2.33. The minimum absolute atomic E-state index is 0.00231. The van der Waals surface area contributed by atoms with E-state index in [1.807, 2.05) is 30.3 Å². The summed E-state index contributed by atoms with van der Waals surface area (Å²) in [6.07, 6.45) is 1.33. The van der Waals surface area contributed by atoms with E-state index in [0.717, 1.165) is 5.56 Å². The number of nitrogens with zero attached hydrogens (tertiary/aromatic N) is 2. The van der Waals surface area contributed by atoms with Gasteiger partial charge in [0, 0.05) is 21.5 Å². The molecule has 7 nitrogen and oxygen atoms in total. The van der Waals surface area contributed by atoms with E-state index < -0.39 is 5.91 Å². The third-order valence-corrected chi connectivity index (χ3v) is 5.23. The summed E-state index contributed by atoms with van der Waals surface area (Å²) in [5.74, 6) is 0.732. The number of nitrogens with one attached hydrogen (secondary N) is 1. The molecule has 3 aromatic carbocycles. The van der Waals surface area contributed by atoms with Crippen molar-refractivity contribution in [3.8, 4) is 28.5 Å². The Balaban J connectivity index is 1.70. The van der Waals surface area contributed by atoms with Gasteiger partial charge in [0.15, 0.2) is 11.5 Å². The highest BCUT2D eigenvalue weighted by atomic mass is 35.5. The third kappa shape index (κ3) is 4.73. The van der Waals surface area contributed by atoms with Gasteiger partial charge in [-0.1, -0.05) is 29.8 Å². The Morgan fingerprint density at radius 1 is 1.03 bits per heavy atom. The number of para-hydroxylation sites is 1. The molecule has 0 saturated carbocycles. The topological polar surface area (TPSA) is 93.0 Å². The highest BCUT2D eigenvalue weighted by molar-refractivity contribution is 6.30. The van der Waals surface area contributed by atoms with Crippen molar-refractivity contribution >= 4 is 34.6 Å². The van der Waals surface area contributed by atoms with Crippen LogP contribution in [-0.2, 0) is 0 Å². The predicted octanol–water partition coefficient (Wildman–Crippen LogP) is 5.04. The average Bonchev–Trinajstić information content (AvgIpc) is 2.84. The van der Waals surface area contributed by atoms with Gasteiger partial charge in [0.05, 0.1) is 37.2 Å². The molecule has 4 rings (SSSR count). The first-order valence-corrected chi connectivity index (χ1v) is 10.3. The van der Waals surface area contributed by atoms with Crippen molar-refractivity contribution in [3.05, 3.63) is 82.9 Å². The van der Waals surface area contributed by atoms with Crippen molar-refractivity contribution in [2.75, 3.05) is 14.2 Å². The van der Waals surface area contributed by atoms with E-state index in [-0.39, 0.29) is 5.75 Å². The number of rotatable bonds is 6. The van der Waals surface area contributed by atoms with Gasteiger partial charge in [0.1, 0.15) is 5.75 Å². The summed E-state index contributed by atoms with van der Waals surface area (Å²) in [6, 6.07) is 19.0. The van der Waals surface area contributed by atoms with Gasteiger partial charge < -0.3 is 14.6 Å². The smallest absolute Gasteiger partial charge is 0.272 e. The Morgan fingerprint density at radius 2 is 1.82 bits per heavy atom. The third-order valence-electron chi connectivity index (χ3n) is 5.00. The van der Waals surface area contributed by atoms with Crippen LogP contribution in [0.1, 0.15) is 15.9 Å². The lowest BCUT2D eigenvalue weighted by Crippen LogP contribution is -2.18. The minimum Gasteiger partial charge on any atom is -0.507 e. The first-order chi connectivity index (χ1) is 16.0. The standard InChI is InChI=1S/C25H20ClN3O4/c1-32-23-10-7-15(12-24(23)33-2)21-13-19(18-5-3-4-6-20(18)28-21)25(31)29-27-14-16-11-17(26)8-9-22(16)30/h3-14,30H,1-2H3,(H,29,31). The number of carbonyl (C=O) groups is 1. The molecule has 8 heteroatoms. The maximum atomic E-state index is 13.0. The van der Waals surface area contributed by atoms with Crippen LogP contribution in [0.15, 0.2) is 71.8 Å². The summed E-state index contributed by atoms with van der Waals surface area (Å²) in [5.41, 5.74) is 5.31. The SMILES string of the molecule is COc1ccc(-c2cc(C(=O)NN=Cc3cc(Cl)ccc3O)c3ccccc3n2)cc1OC. The Hall–Kier alpha value is -4.10. The number of halogens is 1. The Labute approximate surface area is 195 Å². The molecule has 0 spiro atoms. The molecule has 1 heterocycles. The normalized spacial score (nSPS) is 11.0. The summed E-state index contributed by atoms with van der Waals surface area (Å²) < 4.78 is 10.7. The zero-order chi connectivity index (χ0) is 23.4. The highest BCUT2D eigenvalue weighted by Gasteiger charge is 2.15. The van der Waals surface area contributed by atoms with E-state index >= 15 is 0 Å². The zero-order valence-electron chi connectivity index (χ0n) is 17.9. The van der Waals surface area contributed by atoms with Gasteiger partial charge in [0.25, 0.3) is 5.91 Å². The van der Waals surface area contributed by atoms with Gasteiger partial charge in [-0.2, -0.15) is 5.10 Å². The van der Waals surface area contributed by atoms with Crippen LogP contribution >= 0.6 is 11.6 Å². The monoisotopic (exact) mass is 461 g/mol. The molecule has 0 fully saturated rings. The number of fused-ring (bicyclic) bond motifs is 1. The van der Waals surface area contributed by atoms with E-state index in [4.69, 9.17) is 26.1 Å². The van der Waals surface area contributed by atoms with Crippen LogP contribution in [0, 0.1) is 0 Å². The lowest BCUT2D eigenvalue weighted by atomic mass is 10.0. The van der Waals surface area contributed by atoms with E-state index in [2.05, 4.69) is 10.5 Å². The average molecular weight is 462 g/mol. The number of benzene rings is 3. The quantitative estimate of drug-likeness (QED) is 0.310. The van der Waals surface area contributed by atoms with Crippen LogP contribution in [0.25, 0.3) is 22.2 Å². The Bertz CT molecular complexity index is 1370. The summed E-state index contributed by atoms with van der Waals surface area (Å²) in [4.78, 5) is 17.7. The molecule has 166 valence electrons. The first kappa shape index (κ1) is 22.1. The minimum atomic E-state index is -0.423. The van der Waals surface area contributed by atoms with Crippen LogP contribution in [0.5, 0.6) is 17.2 Å². The molecule has 1 aromatic heterocycles. The number of hydrogen-bond donors (Lipinski definition) is 2. The van der Waals surface area contributed by atoms with Crippen LogP contribution in [-0.4, -0.2) is 36.4 Å². The Morgan fingerprint density at radius 3 is 2.61 bits per heavy atom. The molecule has 1 amide bonds. The van der Waals surface area contributed by atoms with Crippen molar-refractivity contribution < 1.29 is 19.4 Å². The molecule has 0 aliphatic carbocycles. The number of methoxy groups -OCH3 is 2. The first-order valence-electron chi connectivity index (χ1n) is 9.94. The van der Waals surface area contributed by atoms with Gasteiger partial charge in [-0.25, -0.2) is 10.4 Å². The second kappa shape index (κ2) is 9.58. The van der Waals surface area contributed by atoms with Crippen molar-refractivity contribution in [2.45, 2.75) is 0 Å². The molecular formula is C25H20ClN3O4. The maximum Gasteiger partial charge on any atom is 0.272 e. The van der Waals surface area contributed by atoms with E-state index in [1.165, 1.54) is 12.3 Å². The van der Waals surface area contributed by atoms with Crippen LogP contribution in [0.2, 0.25) is 5.02 Å². The molecule has 2 N–H and O–H groups in total. The lowest BCUT2D eigenvalue weighted by molar-refractivity contribution is 0.0956. The van der Waals surface area contributed by atoms with Gasteiger partial charge in [-0.3, -0.25) is 4.79 Å². The number of ether oxygens (including phenoxy) is 2. The molecule has 0 unspecified atom stereocenters. The number of phenolic OH excluding ortho intramolecular Hbond substituents is 1. The predicted molar refractivity (Wildman–Crippen MR) is 128 cm³/mol. The van der Waals surface area contributed by atoms with Crippen LogP contribution in [0.3, 0.4) is 0 Å². The summed E-state index contributed by atoms with van der Waals surface area (Å²) in [7, 11) is 3.13. The number of phenols is 1. The number of hydrazone groups is 1. The van der Waals surface area contributed by atoms with E-state index in [0.29, 0.717) is 44.2 Å². The second-order valence-electron chi connectivity index (χ2n) is 7.04. The molecule has 0 radical (unpaired) electrons. The molecule has 0 bridgehead atoms. The van der Waals surface area contributed by atoms with E-state index in [9.17, 15) is 9.90 Å². The number of amides is 1. The van der Waals surface area contributed by atoms with E-state index in [1.54, 1.807) is 44.6 Å². The lowest BCUT2D eigenvalue weighted by Gasteiger charge is -2.12. The van der Waals surface area contributed by atoms with Gasteiger partial charge in [0.2, 0.25) is 0 Å². The fourth-order valence-corrected chi connectivity index (χ4v) is 3.54. The molecule has 0 aliphatic rings. The number of hydrogen-bond acceptors (Lipinski definition) is 6. The fourth-order valence-electron chi connectivity index (χ4n) is 3.36. The van der Waals surface area contributed by atoms with Gasteiger partial charge in [-0.05, 0) is 48.5 Å². The van der Waals surface area contributed by atoms with Crippen molar-refractivity contribution in [2.24, 2.45) is 5.10 Å². The van der Waals surface area contributed by atoms with Crippen molar-refractivity contribution in [1.29, 1.82) is 0 Å². The van der Waals surface area contributed by atoms with Crippen molar-refractivity contribution in [1.82, 2.24) is 10.4 Å². The van der Waals surface area contributed by atoms with Gasteiger partial charge in [-0.15, -0.1) is 0 Å². The molecule has 4 aromatic rings. The molecule has 33 heavy (non-hydrogen) atoms. The summed E-state index contributed by atoms with van der Waals surface area (Å²) in [5, 5.41) is 15.0. The summed E-state index contributed by atoms with van der Waals surface area (Å²) in [6.45, 7) is 0. The fraction of sp³-hybridized carbons (Fsp3) is 0.0800. The number of pyridine rings is 1.